The summed E-state index contributed by atoms with van der Waals surface area (Å²) in [5.74, 6) is -4.81. The van der Waals surface area contributed by atoms with Crippen molar-refractivity contribution in [2.45, 2.75) is 36.9 Å². The molecule has 0 aromatic heterocycles. The number of amidine groups is 1. The summed E-state index contributed by atoms with van der Waals surface area (Å²) in [7, 11) is -2.71. The predicted molar refractivity (Wildman–Crippen MR) is 101 cm³/mol. The zero-order valence-electron chi connectivity index (χ0n) is 16.4. The first-order valence-corrected chi connectivity index (χ1v) is 10.1. The first-order chi connectivity index (χ1) is 15.0. The Bertz CT molecular complexity index is 1040. The number of anilines is 1. The van der Waals surface area contributed by atoms with E-state index in [0.29, 0.717) is 24.3 Å². The van der Waals surface area contributed by atoms with E-state index in [-0.39, 0.29) is 11.1 Å². The second-order valence-electron chi connectivity index (χ2n) is 6.68. The van der Waals surface area contributed by atoms with Crippen LogP contribution >= 0.6 is 0 Å². The molecular weight excluding hydrogens is 494 g/mol. The SMILES string of the molecule is Cc1cc(F)c(NC(=NCc2ccc(C(F)(F)F)cc2)C(F)(F)F)cc1S(=O)CC(F)(F)F. The van der Waals surface area contributed by atoms with Crippen molar-refractivity contribution in [3.8, 4) is 0 Å². The summed E-state index contributed by atoms with van der Waals surface area (Å²) in [5, 5.41) is 1.63. The first-order valence-electron chi connectivity index (χ1n) is 8.77. The normalized spacial score (nSPS) is 14.3. The fourth-order valence-electron chi connectivity index (χ4n) is 2.52. The predicted octanol–water partition coefficient (Wildman–Crippen LogP) is 6.40. The van der Waals surface area contributed by atoms with E-state index in [1.165, 1.54) is 0 Å². The van der Waals surface area contributed by atoms with Gasteiger partial charge in [0.15, 0.2) is 0 Å². The topological polar surface area (TPSA) is 41.5 Å². The van der Waals surface area contributed by atoms with Crippen LogP contribution in [-0.2, 0) is 23.5 Å². The lowest BCUT2D eigenvalue weighted by molar-refractivity contribution is -0.137. The molecule has 1 atom stereocenters. The molecule has 1 unspecified atom stereocenters. The average molecular weight is 508 g/mol. The Balaban J connectivity index is 2.33. The molecule has 0 fully saturated rings. The molecule has 0 aliphatic rings. The van der Waals surface area contributed by atoms with Crippen LogP contribution in [0.3, 0.4) is 0 Å². The van der Waals surface area contributed by atoms with Gasteiger partial charge in [-0.05, 0) is 42.3 Å². The lowest BCUT2D eigenvalue weighted by Crippen LogP contribution is -2.31. The Morgan fingerprint density at radius 3 is 2.03 bits per heavy atom. The third-order valence-corrected chi connectivity index (χ3v) is 5.55. The number of aliphatic imine (C=N–C) groups is 1. The van der Waals surface area contributed by atoms with Gasteiger partial charge in [-0.15, -0.1) is 0 Å². The van der Waals surface area contributed by atoms with Crippen molar-refractivity contribution in [3.05, 3.63) is 58.9 Å². The third kappa shape index (κ3) is 7.72. The van der Waals surface area contributed by atoms with Crippen LogP contribution in [0.5, 0.6) is 0 Å². The second-order valence-corrected chi connectivity index (χ2v) is 8.10. The maximum Gasteiger partial charge on any atom is 0.449 e. The van der Waals surface area contributed by atoms with Gasteiger partial charge in [-0.3, -0.25) is 9.20 Å². The van der Waals surface area contributed by atoms with Gasteiger partial charge in [0, 0.05) is 4.90 Å². The van der Waals surface area contributed by atoms with Crippen LogP contribution in [0.25, 0.3) is 0 Å². The highest BCUT2D eigenvalue weighted by atomic mass is 32.2. The van der Waals surface area contributed by atoms with Crippen LogP contribution in [0.4, 0.5) is 49.6 Å². The number of alkyl halides is 9. The summed E-state index contributed by atoms with van der Waals surface area (Å²) in [6, 6.07) is 4.29. The number of benzene rings is 2. The Labute approximate surface area is 183 Å². The molecule has 3 nitrogen and oxygen atoms in total. The molecule has 1 N–H and O–H groups in total. The number of nitrogens with zero attached hydrogens (tertiary/aromatic N) is 1. The summed E-state index contributed by atoms with van der Waals surface area (Å²) in [5.41, 5.74) is -2.14. The zero-order chi connectivity index (χ0) is 25.2. The quantitative estimate of drug-likeness (QED) is 0.289. The molecule has 0 bridgehead atoms. The monoisotopic (exact) mass is 508 g/mol. The fourth-order valence-corrected chi connectivity index (χ4v) is 3.64. The van der Waals surface area contributed by atoms with Crippen molar-refractivity contribution in [3.63, 3.8) is 0 Å². The molecule has 0 aliphatic carbocycles. The van der Waals surface area contributed by atoms with E-state index >= 15 is 0 Å². The van der Waals surface area contributed by atoms with Crippen LogP contribution in [0.15, 0.2) is 46.3 Å². The number of hydrogen-bond donors (Lipinski definition) is 1. The van der Waals surface area contributed by atoms with Gasteiger partial charge in [0.25, 0.3) is 0 Å². The average Bonchev–Trinajstić information content (AvgIpc) is 2.63. The van der Waals surface area contributed by atoms with E-state index in [4.69, 9.17) is 0 Å². The highest BCUT2D eigenvalue weighted by Crippen LogP contribution is 2.30. The second kappa shape index (κ2) is 9.69. The maximum absolute atomic E-state index is 14.2. The Kier molecular flexibility index (Phi) is 7.82. The highest BCUT2D eigenvalue weighted by Gasteiger charge is 2.37. The minimum atomic E-state index is -5.17. The van der Waals surface area contributed by atoms with E-state index in [1.54, 1.807) is 5.32 Å². The third-order valence-electron chi connectivity index (χ3n) is 4.03. The standard InChI is InChI=1S/C19H14F10N2OS/c1-10-6-13(20)14(7-15(10)33(32)9-17(21,22)23)31-16(19(27,28)29)30-8-11-2-4-12(5-3-11)18(24,25)26/h2-7H,8-9H2,1H3,(H,30,31). The van der Waals surface area contributed by atoms with Gasteiger partial charge in [-0.1, -0.05) is 12.1 Å². The van der Waals surface area contributed by atoms with Gasteiger partial charge in [-0.25, -0.2) is 4.39 Å². The van der Waals surface area contributed by atoms with E-state index in [2.05, 4.69) is 4.99 Å². The minimum Gasteiger partial charge on any atom is -0.334 e. The lowest BCUT2D eigenvalue weighted by atomic mass is 10.1. The van der Waals surface area contributed by atoms with Gasteiger partial charge in [0.1, 0.15) is 11.6 Å². The van der Waals surface area contributed by atoms with E-state index < -0.39 is 69.4 Å². The smallest absolute Gasteiger partial charge is 0.334 e. The van der Waals surface area contributed by atoms with Crippen molar-refractivity contribution in [1.29, 1.82) is 0 Å². The molecule has 2 rings (SSSR count). The molecule has 33 heavy (non-hydrogen) atoms. The van der Waals surface area contributed by atoms with Crippen LogP contribution in [0.2, 0.25) is 0 Å². The number of aryl methyl sites for hydroxylation is 1. The van der Waals surface area contributed by atoms with Gasteiger partial charge < -0.3 is 5.32 Å². The summed E-state index contributed by atoms with van der Waals surface area (Å²) in [6.07, 6.45) is -14.7. The molecule has 182 valence electrons. The van der Waals surface area contributed by atoms with E-state index in [1.807, 2.05) is 0 Å². The van der Waals surface area contributed by atoms with Crippen molar-refractivity contribution < 1.29 is 48.1 Å². The summed E-state index contributed by atoms with van der Waals surface area (Å²) >= 11 is 0. The van der Waals surface area contributed by atoms with Crippen molar-refractivity contribution in [1.82, 2.24) is 0 Å². The molecule has 2 aromatic carbocycles. The Morgan fingerprint density at radius 2 is 1.55 bits per heavy atom. The summed E-state index contributed by atoms with van der Waals surface area (Å²) in [4.78, 5) is 2.70. The number of halogens is 10. The summed E-state index contributed by atoms with van der Waals surface area (Å²) in [6.45, 7) is 0.403. The molecule has 14 heteroatoms. The van der Waals surface area contributed by atoms with Crippen LogP contribution in [-0.4, -0.2) is 28.1 Å². The summed E-state index contributed by atoms with van der Waals surface area (Å²) < 4.78 is 141. The van der Waals surface area contributed by atoms with E-state index in [0.717, 1.165) is 19.1 Å². The van der Waals surface area contributed by atoms with Gasteiger partial charge in [0.05, 0.1) is 28.6 Å². The van der Waals surface area contributed by atoms with Gasteiger partial charge in [0.2, 0.25) is 5.84 Å². The molecule has 0 saturated heterocycles. The molecule has 0 aliphatic heterocycles. The van der Waals surface area contributed by atoms with Crippen LogP contribution in [0.1, 0.15) is 16.7 Å². The van der Waals surface area contributed by atoms with Crippen molar-refractivity contribution >= 4 is 22.3 Å². The minimum absolute atomic E-state index is 0.0251. The van der Waals surface area contributed by atoms with Crippen LogP contribution < -0.4 is 5.32 Å². The molecular formula is C19H14F10N2OS. The van der Waals surface area contributed by atoms with Crippen molar-refractivity contribution in [2.24, 2.45) is 4.99 Å². The number of hydrogen-bond acceptors (Lipinski definition) is 2. The molecule has 0 heterocycles. The number of nitrogens with one attached hydrogen (secondary N) is 1. The molecule has 2 aromatic rings. The lowest BCUT2D eigenvalue weighted by Gasteiger charge is -2.16. The number of rotatable bonds is 5. The van der Waals surface area contributed by atoms with Crippen LogP contribution in [0, 0.1) is 12.7 Å². The van der Waals surface area contributed by atoms with Crippen molar-refractivity contribution in [2.75, 3.05) is 11.1 Å². The maximum atomic E-state index is 14.2. The fraction of sp³-hybridized carbons (Fsp3) is 0.316. The molecule has 0 spiro atoms. The van der Waals surface area contributed by atoms with E-state index in [9.17, 15) is 48.1 Å². The molecule has 0 amide bonds. The Hall–Kier alpha value is -2.64. The van der Waals surface area contributed by atoms with Gasteiger partial charge in [-0.2, -0.15) is 39.5 Å². The first kappa shape index (κ1) is 26.6. The van der Waals surface area contributed by atoms with Gasteiger partial charge >= 0.3 is 18.5 Å². The molecule has 0 saturated carbocycles. The Morgan fingerprint density at radius 1 is 0.970 bits per heavy atom. The largest absolute Gasteiger partial charge is 0.449 e. The molecule has 0 radical (unpaired) electrons. The highest BCUT2D eigenvalue weighted by molar-refractivity contribution is 7.85. The zero-order valence-corrected chi connectivity index (χ0v) is 17.2.